The van der Waals surface area contributed by atoms with E-state index in [9.17, 15) is 9.18 Å². The second-order valence-corrected chi connectivity index (χ2v) is 4.36. The van der Waals surface area contributed by atoms with E-state index in [0.717, 1.165) is 0 Å². The van der Waals surface area contributed by atoms with Crippen LogP contribution in [-0.4, -0.2) is 11.1 Å². The molecule has 3 nitrogen and oxygen atoms in total. The summed E-state index contributed by atoms with van der Waals surface area (Å²) < 4.78 is 13.6. The first kappa shape index (κ1) is 13.4. The molecule has 19 heavy (non-hydrogen) atoms. The highest BCUT2D eigenvalue weighted by Gasteiger charge is 2.06. The van der Waals surface area contributed by atoms with Crippen LogP contribution in [0.1, 0.15) is 15.9 Å². The van der Waals surface area contributed by atoms with Crippen molar-refractivity contribution in [3.63, 3.8) is 0 Å². The van der Waals surface area contributed by atoms with E-state index in [2.05, 4.69) is 5.32 Å². The highest BCUT2D eigenvalue weighted by molar-refractivity contribution is 6.30. The van der Waals surface area contributed by atoms with Crippen LogP contribution in [0.2, 0.25) is 5.02 Å². The molecule has 0 unspecified atom stereocenters. The van der Waals surface area contributed by atoms with Gasteiger partial charge in [0.15, 0.2) is 0 Å². The van der Waals surface area contributed by atoms with Gasteiger partial charge in [0.25, 0.3) is 0 Å². The lowest BCUT2D eigenvalue weighted by atomic mass is 10.2. The van der Waals surface area contributed by atoms with E-state index in [-0.39, 0.29) is 17.1 Å². The van der Waals surface area contributed by atoms with Gasteiger partial charge in [0, 0.05) is 17.8 Å². The zero-order valence-electron chi connectivity index (χ0n) is 9.86. The number of rotatable bonds is 4. The normalized spacial score (nSPS) is 10.2. The number of carboxylic acids is 1. The average Bonchev–Trinajstić information content (AvgIpc) is 2.41. The molecule has 2 N–H and O–H groups in total. The van der Waals surface area contributed by atoms with E-state index >= 15 is 0 Å². The summed E-state index contributed by atoms with van der Waals surface area (Å²) in [6.45, 7) is 0.277. The molecule has 0 aliphatic rings. The Kier molecular flexibility index (Phi) is 4.02. The van der Waals surface area contributed by atoms with Gasteiger partial charge in [-0.15, -0.1) is 0 Å². The predicted molar refractivity (Wildman–Crippen MR) is 72.1 cm³/mol. The first-order valence-corrected chi connectivity index (χ1v) is 5.96. The summed E-state index contributed by atoms with van der Waals surface area (Å²) in [6, 6.07) is 11.0. The maximum Gasteiger partial charge on any atom is 0.335 e. The predicted octanol–water partition coefficient (Wildman–Crippen LogP) is 3.79. The Balaban J connectivity index is 2.06. The Morgan fingerprint density at radius 2 is 1.89 bits per heavy atom. The lowest BCUT2D eigenvalue weighted by Crippen LogP contribution is -2.03. The molecule has 2 aromatic rings. The van der Waals surface area contributed by atoms with Gasteiger partial charge in [0.05, 0.1) is 10.6 Å². The van der Waals surface area contributed by atoms with Gasteiger partial charge >= 0.3 is 5.97 Å². The van der Waals surface area contributed by atoms with E-state index < -0.39 is 11.8 Å². The van der Waals surface area contributed by atoms with Crippen LogP contribution in [0.15, 0.2) is 42.5 Å². The Morgan fingerprint density at radius 3 is 2.53 bits per heavy atom. The van der Waals surface area contributed by atoms with Crippen molar-refractivity contribution in [2.24, 2.45) is 0 Å². The van der Waals surface area contributed by atoms with Crippen LogP contribution >= 0.6 is 11.6 Å². The molecule has 0 amide bonds. The largest absolute Gasteiger partial charge is 0.478 e. The topological polar surface area (TPSA) is 49.3 Å². The Morgan fingerprint density at radius 1 is 1.21 bits per heavy atom. The highest BCUT2D eigenvalue weighted by atomic mass is 35.5. The molecule has 5 heteroatoms. The quantitative estimate of drug-likeness (QED) is 0.895. The minimum absolute atomic E-state index is 0.0838. The standard InChI is InChI=1S/C14H11ClFNO2/c15-12-3-1-2-10(13(12)16)8-17-11-6-4-9(5-7-11)14(18)19/h1-7,17H,8H2,(H,18,19). The third-order valence-electron chi connectivity index (χ3n) is 2.65. The van der Waals surface area contributed by atoms with Crippen molar-refractivity contribution < 1.29 is 14.3 Å². The van der Waals surface area contributed by atoms with Gasteiger partial charge in [-0.2, -0.15) is 0 Å². The molecule has 0 saturated heterocycles. The molecule has 2 aromatic carbocycles. The minimum atomic E-state index is -0.979. The fraction of sp³-hybridized carbons (Fsp3) is 0.0714. The van der Waals surface area contributed by atoms with Crippen LogP contribution in [-0.2, 0) is 6.54 Å². The summed E-state index contributed by atoms with van der Waals surface area (Å²) in [5, 5.41) is 11.9. The maximum atomic E-state index is 13.6. The smallest absolute Gasteiger partial charge is 0.335 e. The van der Waals surface area contributed by atoms with Crippen molar-refractivity contribution in [3.8, 4) is 0 Å². The van der Waals surface area contributed by atoms with E-state index in [1.54, 1.807) is 24.3 Å². The summed E-state index contributed by atoms with van der Waals surface area (Å²) in [6.07, 6.45) is 0. The number of anilines is 1. The molecule has 0 aromatic heterocycles. The van der Waals surface area contributed by atoms with Crippen molar-refractivity contribution in [3.05, 3.63) is 64.4 Å². The van der Waals surface area contributed by atoms with E-state index in [4.69, 9.17) is 16.7 Å². The van der Waals surface area contributed by atoms with Crippen molar-refractivity contribution in [2.75, 3.05) is 5.32 Å². The summed E-state index contributed by atoms with van der Waals surface area (Å²) >= 11 is 5.68. The zero-order chi connectivity index (χ0) is 13.8. The fourth-order valence-electron chi connectivity index (χ4n) is 1.61. The van der Waals surface area contributed by atoms with Gasteiger partial charge in [-0.1, -0.05) is 23.7 Å². The molecular weight excluding hydrogens is 269 g/mol. The second kappa shape index (κ2) is 5.71. The number of benzene rings is 2. The van der Waals surface area contributed by atoms with Gasteiger partial charge in [0.2, 0.25) is 0 Å². The summed E-state index contributed by atoms with van der Waals surface area (Å²) in [4.78, 5) is 10.7. The second-order valence-electron chi connectivity index (χ2n) is 3.95. The van der Waals surface area contributed by atoms with Crippen LogP contribution in [0.4, 0.5) is 10.1 Å². The van der Waals surface area contributed by atoms with E-state index in [0.29, 0.717) is 11.3 Å². The number of nitrogens with one attached hydrogen (secondary N) is 1. The Labute approximate surface area is 114 Å². The third-order valence-corrected chi connectivity index (χ3v) is 2.94. The molecule has 0 atom stereocenters. The number of hydrogen-bond donors (Lipinski definition) is 2. The Bertz CT molecular complexity index is 599. The number of aromatic carboxylic acids is 1. The minimum Gasteiger partial charge on any atom is -0.478 e. The summed E-state index contributed by atoms with van der Waals surface area (Å²) in [7, 11) is 0. The molecule has 0 radical (unpaired) electrons. The molecule has 0 bridgehead atoms. The SMILES string of the molecule is O=C(O)c1ccc(NCc2cccc(Cl)c2F)cc1. The molecule has 0 aliphatic carbocycles. The average molecular weight is 280 g/mol. The van der Waals surface area contributed by atoms with Crippen molar-refractivity contribution in [2.45, 2.75) is 6.54 Å². The molecule has 0 saturated carbocycles. The molecule has 0 heterocycles. The van der Waals surface area contributed by atoms with E-state index in [1.165, 1.54) is 18.2 Å². The summed E-state index contributed by atoms with van der Waals surface area (Å²) in [5.41, 5.74) is 1.37. The zero-order valence-corrected chi connectivity index (χ0v) is 10.6. The van der Waals surface area contributed by atoms with Crippen molar-refractivity contribution in [1.29, 1.82) is 0 Å². The van der Waals surface area contributed by atoms with Crippen LogP contribution in [0.3, 0.4) is 0 Å². The number of halogens is 2. The van der Waals surface area contributed by atoms with Crippen LogP contribution in [0, 0.1) is 5.82 Å². The first-order valence-electron chi connectivity index (χ1n) is 5.58. The number of carboxylic acid groups (broad SMARTS) is 1. The van der Waals surface area contributed by atoms with E-state index in [1.807, 2.05) is 0 Å². The van der Waals surface area contributed by atoms with Gasteiger partial charge in [0.1, 0.15) is 5.82 Å². The molecule has 2 rings (SSSR count). The van der Waals surface area contributed by atoms with Crippen LogP contribution < -0.4 is 5.32 Å². The van der Waals surface area contributed by atoms with Crippen molar-refractivity contribution >= 4 is 23.3 Å². The highest BCUT2D eigenvalue weighted by Crippen LogP contribution is 2.19. The maximum absolute atomic E-state index is 13.6. The fourth-order valence-corrected chi connectivity index (χ4v) is 1.81. The number of carbonyl (C=O) groups is 1. The Hall–Kier alpha value is -2.07. The monoisotopic (exact) mass is 279 g/mol. The van der Waals surface area contributed by atoms with Crippen molar-refractivity contribution in [1.82, 2.24) is 0 Å². The van der Waals surface area contributed by atoms with Gasteiger partial charge in [-0.25, -0.2) is 9.18 Å². The summed E-state index contributed by atoms with van der Waals surface area (Å²) in [5.74, 6) is -1.42. The van der Waals surface area contributed by atoms with Gasteiger partial charge in [-0.3, -0.25) is 0 Å². The number of hydrogen-bond acceptors (Lipinski definition) is 2. The lowest BCUT2D eigenvalue weighted by Gasteiger charge is -2.08. The molecular formula is C14H11ClFNO2. The third kappa shape index (κ3) is 3.23. The molecule has 98 valence electrons. The molecule has 0 fully saturated rings. The van der Waals surface area contributed by atoms with Crippen LogP contribution in [0.5, 0.6) is 0 Å². The van der Waals surface area contributed by atoms with Gasteiger partial charge < -0.3 is 10.4 Å². The molecule has 0 aliphatic heterocycles. The first-order chi connectivity index (χ1) is 9.08. The van der Waals surface area contributed by atoms with Crippen LogP contribution in [0.25, 0.3) is 0 Å². The molecule has 0 spiro atoms. The lowest BCUT2D eigenvalue weighted by molar-refractivity contribution is 0.0697. The van der Waals surface area contributed by atoms with Gasteiger partial charge in [-0.05, 0) is 30.3 Å².